The molecule has 1 N–H and O–H groups in total. The molecule has 8 heteroatoms. The van der Waals surface area contributed by atoms with Crippen molar-refractivity contribution in [3.63, 3.8) is 0 Å². The van der Waals surface area contributed by atoms with E-state index < -0.39 is 11.3 Å². The Bertz CT molecular complexity index is 1100. The molecule has 2 amide bonds. The maximum atomic E-state index is 13.2. The van der Waals surface area contributed by atoms with Crippen molar-refractivity contribution in [3.05, 3.63) is 59.9 Å². The van der Waals surface area contributed by atoms with Crippen LogP contribution in [-0.2, 0) is 9.59 Å². The van der Waals surface area contributed by atoms with Gasteiger partial charge in [0.1, 0.15) is 17.7 Å². The second-order valence-electron chi connectivity index (χ2n) is 8.19. The fraction of sp³-hybridized carbons (Fsp3) is 0.333. The third-order valence-electron chi connectivity index (χ3n) is 5.27. The van der Waals surface area contributed by atoms with Crippen LogP contribution in [0.4, 0.5) is 15.8 Å². The molecule has 0 bridgehead atoms. The SMILES string of the molecule is CC[C@@H](SC1=Nc2ccccc2C2=N[C@H](CC(C)C)C(=O)N12)C(=O)Nc1ccc(F)cc1. The summed E-state index contributed by atoms with van der Waals surface area (Å²) in [5.74, 6) is 0.220. The monoisotopic (exact) mass is 452 g/mol. The summed E-state index contributed by atoms with van der Waals surface area (Å²) in [6, 6.07) is 12.8. The molecule has 0 fully saturated rings. The van der Waals surface area contributed by atoms with E-state index in [0.29, 0.717) is 35.5 Å². The van der Waals surface area contributed by atoms with E-state index >= 15 is 0 Å². The molecular weight excluding hydrogens is 427 g/mol. The van der Waals surface area contributed by atoms with Crippen molar-refractivity contribution in [2.75, 3.05) is 5.32 Å². The summed E-state index contributed by atoms with van der Waals surface area (Å²) in [5, 5.41) is 2.79. The van der Waals surface area contributed by atoms with E-state index in [0.717, 1.165) is 11.3 Å². The van der Waals surface area contributed by atoms with Crippen LogP contribution in [0.5, 0.6) is 0 Å². The fourth-order valence-electron chi connectivity index (χ4n) is 3.69. The highest BCUT2D eigenvalue weighted by Crippen LogP contribution is 2.36. The number of halogens is 1. The van der Waals surface area contributed by atoms with Crippen molar-refractivity contribution < 1.29 is 14.0 Å². The molecular formula is C24H25FN4O2S. The molecule has 166 valence electrons. The average molecular weight is 453 g/mol. The Balaban J connectivity index is 1.61. The van der Waals surface area contributed by atoms with Crippen LogP contribution in [0.25, 0.3) is 0 Å². The summed E-state index contributed by atoms with van der Waals surface area (Å²) < 4.78 is 13.2. The Morgan fingerprint density at radius 3 is 2.59 bits per heavy atom. The largest absolute Gasteiger partial charge is 0.325 e. The van der Waals surface area contributed by atoms with Gasteiger partial charge in [0, 0.05) is 11.3 Å². The molecule has 0 saturated heterocycles. The second kappa shape index (κ2) is 9.24. The number of nitrogens with zero attached hydrogens (tertiary/aromatic N) is 3. The van der Waals surface area contributed by atoms with Gasteiger partial charge in [-0.15, -0.1) is 0 Å². The highest BCUT2D eigenvalue weighted by atomic mass is 32.2. The fourth-order valence-corrected chi connectivity index (χ4v) is 4.71. The standard InChI is InChI=1S/C24H25FN4O2S/c1-4-20(22(30)26-16-11-9-15(25)10-12-16)32-24-28-18-8-6-5-7-17(18)21-27-19(13-14(2)3)23(31)29(21)24/h5-12,14,19-20H,4,13H2,1-3H3,(H,26,30)/t19-,20-/m1/s1. The van der Waals surface area contributed by atoms with Gasteiger partial charge < -0.3 is 5.32 Å². The normalized spacial score (nSPS) is 18.1. The Kier molecular flexibility index (Phi) is 6.41. The average Bonchev–Trinajstić information content (AvgIpc) is 3.09. The lowest BCUT2D eigenvalue weighted by molar-refractivity contribution is -0.125. The number of benzene rings is 2. The minimum Gasteiger partial charge on any atom is -0.325 e. The number of hydrogen-bond donors (Lipinski definition) is 1. The lowest BCUT2D eigenvalue weighted by Gasteiger charge is -2.27. The van der Waals surface area contributed by atoms with Gasteiger partial charge in [-0.3, -0.25) is 14.6 Å². The predicted molar refractivity (Wildman–Crippen MR) is 127 cm³/mol. The van der Waals surface area contributed by atoms with Gasteiger partial charge in [-0.2, -0.15) is 0 Å². The van der Waals surface area contributed by atoms with Crippen molar-refractivity contribution >= 4 is 46.0 Å². The van der Waals surface area contributed by atoms with Crippen molar-refractivity contribution in [1.29, 1.82) is 0 Å². The molecule has 2 atom stereocenters. The number of para-hydroxylation sites is 1. The molecule has 0 unspecified atom stereocenters. The zero-order chi connectivity index (χ0) is 22.8. The van der Waals surface area contributed by atoms with E-state index in [1.807, 2.05) is 31.2 Å². The summed E-state index contributed by atoms with van der Waals surface area (Å²) in [5.41, 5.74) is 2.07. The molecule has 4 rings (SSSR count). The van der Waals surface area contributed by atoms with E-state index in [4.69, 9.17) is 9.98 Å². The first-order valence-corrected chi connectivity index (χ1v) is 11.6. The van der Waals surface area contributed by atoms with Crippen molar-refractivity contribution in [1.82, 2.24) is 4.90 Å². The molecule has 0 radical (unpaired) electrons. The number of carbonyl (C=O) groups excluding carboxylic acids is 2. The number of thioether (sulfide) groups is 1. The topological polar surface area (TPSA) is 74.1 Å². The van der Waals surface area contributed by atoms with Crippen LogP contribution in [0.15, 0.2) is 58.5 Å². The predicted octanol–water partition coefficient (Wildman–Crippen LogP) is 4.98. The zero-order valence-corrected chi connectivity index (χ0v) is 19.0. The number of anilines is 1. The maximum Gasteiger partial charge on any atom is 0.259 e. The van der Waals surface area contributed by atoms with E-state index in [2.05, 4.69) is 19.2 Å². The van der Waals surface area contributed by atoms with Gasteiger partial charge in [-0.05, 0) is 55.2 Å². The first kappa shape index (κ1) is 22.2. The van der Waals surface area contributed by atoms with Gasteiger partial charge >= 0.3 is 0 Å². The first-order chi connectivity index (χ1) is 15.4. The van der Waals surface area contributed by atoms with E-state index in [-0.39, 0.29) is 17.6 Å². The number of nitrogens with one attached hydrogen (secondary N) is 1. The van der Waals surface area contributed by atoms with Gasteiger partial charge in [0.15, 0.2) is 5.17 Å². The number of fused-ring (bicyclic) bond motifs is 3. The van der Waals surface area contributed by atoms with Crippen LogP contribution in [0, 0.1) is 11.7 Å². The molecule has 2 aliphatic heterocycles. The molecule has 2 heterocycles. The van der Waals surface area contributed by atoms with E-state index in [9.17, 15) is 14.0 Å². The second-order valence-corrected chi connectivity index (χ2v) is 9.36. The highest BCUT2D eigenvalue weighted by Gasteiger charge is 2.42. The Labute approximate surface area is 191 Å². The first-order valence-electron chi connectivity index (χ1n) is 10.7. The minimum atomic E-state index is -0.484. The number of rotatable bonds is 6. The molecule has 0 spiro atoms. The number of hydrogen-bond acceptors (Lipinski definition) is 5. The molecule has 0 saturated carbocycles. The summed E-state index contributed by atoms with van der Waals surface area (Å²) in [7, 11) is 0. The van der Waals surface area contributed by atoms with Crippen molar-refractivity contribution in [3.8, 4) is 0 Å². The van der Waals surface area contributed by atoms with Gasteiger partial charge in [-0.1, -0.05) is 44.7 Å². The van der Waals surface area contributed by atoms with Gasteiger partial charge in [0.25, 0.3) is 5.91 Å². The number of aliphatic imine (C=N–C) groups is 2. The smallest absolute Gasteiger partial charge is 0.259 e. The van der Waals surface area contributed by atoms with Crippen LogP contribution in [0.2, 0.25) is 0 Å². The Morgan fingerprint density at radius 1 is 1.19 bits per heavy atom. The van der Waals surface area contributed by atoms with Crippen molar-refractivity contribution in [2.45, 2.75) is 44.9 Å². The van der Waals surface area contributed by atoms with Crippen LogP contribution >= 0.6 is 11.8 Å². The molecule has 2 aromatic rings. The van der Waals surface area contributed by atoms with Gasteiger partial charge in [0.05, 0.1) is 10.9 Å². The molecule has 2 aliphatic rings. The number of amides is 2. The zero-order valence-electron chi connectivity index (χ0n) is 18.2. The summed E-state index contributed by atoms with van der Waals surface area (Å²) in [6.07, 6.45) is 1.18. The molecule has 0 aromatic heterocycles. The van der Waals surface area contributed by atoms with Crippen LogP contribution in [0.3, 0.4) is 0 Å². The summed E-state index contributed by atoms with van der Waals surface area (Å²) in [6.45, 7) is 6.03. The number of carbonyl (C=O) groups is 2. The van der Waals surface area contributed by atoms with Crippen molar-refractivity contribution in [2.24, 2.45) is 15.9 Å². The molecule has 2 aromatic carbocycles. The third-order valence-corrected chi connectivity index (χ3v) is 6.58. The van der Waals surface area contributed by atoms with E-state index in [1.54, 1.807) is 4.90 Å². The molecule has 32 heavy (non-hydrogen) atoms. The van der Waals surface area contributed by atoms with Crippen LogP contribution in [0.1, 0.15) is 39.2 Å². The Hall–Kier alpha value is -3.00. The highest BCUT2D eigenvalue weighted by molar-refractivity contribution is 8.15. The third kappa shape index (κ3) is 4.46. The lowest BCUT2D eigenvalue weighted by Crippen LogP contribution is -2.42. The van der Waals surface area contributed by atoms with Gasteiger partial charge in [-0.25, -0.2) is 14.3 Å². The number of amidine groups is 2. The quantitative estimate of drug-likeness (QED) is 0.672. The Morgan fingerprint density at radius 2 is 1.91 bits per heavy atom. The maximum absolute atomic E-state index is 13.2. The van der Waals surface area contributed by atoms with E-state index in [1.165, 1.54) is 36.0 Å². The van der Waals surface area contributed by atoms with Crippen LogP contribution in [-0.4, -0.2) is 39.0 Å². The summed E-state index contributed by atoms with van der Waals surface area (Å²) >= 11 is 1.25. The molecule has 0 aliphatic carbocycles. The van der Waals surface area contributed by atoms with Gasteiger partial charge in [0.2, 0.25) is 5.91 Å². The van der Waals surface area contributed by atoms with Crippen LogP contribution < -0.4 is 5.32 Å². The molecule has 6 nitrogen and oxygen atoms in total. The minimum absolute atomic E-state index is 0.108. The summed E-state index contributed by atoms with van der Waals surface area (Å²) in [4.78, 5) is 37.2. The lowest BCUT2D eigenvalue weighted by atomic mass is 10.0.